The smallest absolute Gasteiger partial charge is 0.119 e. The van der Waals surface area contributed by atoms with Gasteiger partial charge in [-0.3, -0.25) is 0 Å². The molecule has 5 nitrogen and oxygen atoms in total. The van der Waals surface area contributed by atoms with E-state index in [1.165, 1.54) is 94.1 Å². The van der Waals surface area contributed by atoms with Crippen LogP contribution >= 0.6 is 0 Å². The van der Waals surface area contributed by atoms with E-state index in [9.17, 15) is 0 Å². The second-order valence-electron chi connectivity index (χ2n) is 14.1. The number of aromatic nitrogens is 4. The molecule has 1 aromatic carbocycles. The first-order chi connectivity index (χ1) is 24.2. The zero-order chi connectivity index (χ0) is 35.5. The number of aryl methyl sites for hydroxylation is 4. The Kier molecular flexibility index (Phi) is 10.6. The SMILES string of the molecule is C=CCOc1ccc(-c2c3nc(cc4[nH]c(cc5[nH]c(cc6nc2C(C)=C6C)c(C)c5CCCCC)c(CCCCC)c4C)C(C)=C3C)cc1. The molecule has 0 spiro atoms. The summed E-state index contributed by atoms with van der Waals surface area (Å²) in [5, 5.41) is 0. The van der Waals surface area contributed by atoms with Gasteiger partial charge in [-0.25, -0.2) is 9.97 Å². The molecular formula is C45H54N4O. The zero-order valence-electron chi connectivity index (χ0n) is 31.5. The fourth-order valence-corrected chi connectivity index (χ4v) is 7.40. The minimum atomic E-state index is 0.470. The number of hydrogen-bond acceptors (Lipinski definition) is 3. The van der Waals surface area contributed by atoms with Crippen molar-refractivity contribution in [3.05, 3.63) is 100 Å². The number of rotatable bonds is 12. The van der Waals surface area contributed by atoms with Gasteiger partial charge in [0.05, 0.1) is 22.8 Å². The summed E-state index contributed by atoms with van der Waals surface area (Å²) in [4.78, 5) is 18.6. The highest BCUT2D eigenvalue weighted by Crippen LogP contribution is 2.42. The van der Waals surface area contributed by atoms with Gasteiger partial charge in [0, 0.05) is 27.6 Å². The van der Waals surface area contributed by atoms with Gasteiger partial charge >= 0.3 is 0 Å². The molecule has 5 heteroatoms. The molecule has 0 aliphatic carbocycles. The van der Waals surface area contributed by atoms with Crippen LogP contribution in [0.1, 0.15) is 125 Å². The van der Waals surface area contributed by atoms with E-state index < -0.39 is 0 Å². The summed E-state index contributed by atoms with van der Waals surface area (Å²) in [5.41, 5.74) is 20.9. The maximum atomic E-state index is 5.85. The van der Waals surface area contributed by atoms with Gasteiger partial charge < -0.3 is 14.7 Å². The van der Waals surface area contributed by atoms with Gasteiger partial charge in [-0.05, 0) is 148 Å². The number of H-pyrrole nitrogens is 2. The molecule has 0 atom stereocenters. The summed E-state index contributed by atoms with van der Waals surface area (Å²) in [6.45, 7) is 22.2. The number of nitrogens with one attached hydrogen (secondary N) is 2. The fourth-order valence-electron chi connectivity index (χ4n) is 7.40. The molecule has 4 aromatic rings. The van der Waals surface area contributed by atoms with E-state index in [0.29, 0.717) is 6.61 Å². The van der Waals surface area contributed by atoms with E-state index >= 15 is 0 Å². The van der Waals surface area contributed by atoms with E-state index in [0.717, 1.165) is 63.5 Å². The van der Waals surface area contributed by atoms with Crippen molar-refractivity contribution in [3.63, 3.8) is 0 Å². The number of nitrogens with zero attached hydrogens (tertiary/aromatic N) is 2. The lowest BCUT2D eigenvalue weighted by Crippen LogP contribution is -1.95. The van der Waals surface area contributed by atoms with Crippen molar-refractivity contribution in [3.8, 4) is 16.9 Å². The predicted molar refractivity (Wildman–Crippen MR) is 214 cm³/mol. The number of unbranched alkanes of at least 4 members (excludes halogenated alkanes) is 4. The molecule has 0 fully saturated rings. The molecule has 50 heavy (non-hydrogen) atoms. The maximum Gasteiger partial charge on any atom is 0.119 e. The molecule has 0 unspecified atom stereocenters. The topological polar surface area (TPSA) is 66.6 Å². The van der Waals surface area contributed by atoms with Crippen LogP contribution in [0, 0.1) is 13.8 Å². The quantitative estimate of drug-likeness (QED) is 0.117. The van der Waals surface area contributed by atoms with E-state index in [2.05, 4.69) is 102 Å². The Morgan fingerprint density at radius 3 is 1.54 bits per heavy atom. The molecule has 2 N–H and O–H groups in total. The Bertz CT molecular complexity index is 2030. The lowest BCUT2D eigenvalue weighted by molar-refractivity contribution is 0.363. The monoisotopic (exact) mass is 666 g/mol. The number of allylic oxidation sites excluding steroid dienone is 4. The second-order valence-corrected chi connectivity index (χ2v) is 14.1. The Labute approximate surface area is 298 Å². The lowest BCUT2D eigenvalue weighted by atomic mass is 9.94. The lowest BCUT2D eigenvalue weighted by Gasteiger charge is -2.11. The third-order valence-corrected chi connectivity index (χ3v) is 10.9. The van der Waals surface area contributed by atoms with Crippen LogP contribution in [0.15, 0.2) is 55.1 Å². The number of fused-ring (bicyclic) bond motifs is 8. The molecule has 0 amide bonds. The van der Waals surface area contributed by atoms with Crippen LogP contribution in [0.3, 0.4) is 0 Å². The molecule has 3 aromatic heterocycles. The van der Waals surface area contributed by atoms with Crippen LogP contribution in [-0.2, 0) is 12.8 Å². The normalized spacial score (nSPS) is 13.0. The van der Waals surface area contributed by atoms with E-state index in [1.807, 2.05) is 12.1 Å². The Morgan fingerprint density at radius 1 is 0.620 bits per heavy atom. The minimum Gasteiger partial charge on any atom is -0.490 e. The molecule has 2 aliphatic rings. The van der Waals surface area contributed by atoms with Crippen LogP contribution in [0.5, 0.6) is 5.75 Å². The Balaban J connectivity index is 1.73. The molecule has 0 saturated carbocycles. The third-order valence-electron chi connectivity index (χ3n) is 10.9. The van der Waals surface area contributed by atoms with Gasteiger partial charge in [0.1, 0.15) is 12.4 Å². The van der Waals surface area contributed by atoms with Crippen LogP contribution in [0.4, 0.5) is 0 Å². The van der Waals surface area contributed by atoms with Gasteiger partial charge in [0.15, 0.2) is 0 Å². The number of aromatic amines is 2. The Morgan fingerprint density at radius 2 is 1.10 bits per heavy atom. The number of hydrogen-bond donors (Lipinski definition) is 2. The fraction of sp³-hybridized carbons (Fsp3) is 0.378. The number of ether oxygens (including phenoxy) is 1. The van der Waals surface area contributed by atoms with Crippen molar-refractivity contribution in [2.45, 2.75) is 107 Å². The van der Waals surface area contributed by atoms with Crippen LogP contribution in [0.25, 0.3) is 55.5 Å². The maximum absolute atomic E-state index is 5.85. The highest BCUT2D eigenvalue weighted by Gasteiger charge is 2.25. The molecule has 5 heterocycles. The van der Waals surface area contributed by atoms with E-state index in [1.54, 1.807) is 6.08 Å². The minimum absolute atomic E-state index is 0.470. The zero-order valence-corrected chi connectivity index (χ0v) is 31.5. The molecular weight excluding hydrogens is 613 g/mol. The average molecular weight is 667 g/mol. The predicted octanol–water partition coefficient (Wildman–Crippen LogP) is 12.5. The Hall–Kier alpha value is -4.64. The van der Waals surface area contributed by atoms with Gasteiger partial charge in [-0.1, -0.05) is 64.3 Å². The summed E-state index contributed by atoms with van der Waals surface area (Å²) in [7, 11) is 0. The molecule has 8 bridgehead atoms. The van der Waals surface area contributed by atoms with Crippen molar-refractivity contribution in [2.24, 2.45) is 0 Å². The largest absolute Gasteiger partial charge is 0.490 e. The summed E-state index contributed by atoms with van der Waals surface area (Å²) < 4.78 is 5.85. The number of benzene rings is 1. The van der Waals surface area contributed by atoms with Crippen molar-refractivity contribution in [1.82, 2.24) is 19.9 Å². The summed E-state index contributed by atoms with van der Waals surface area (Å²) >= 11 is 0. The van der Waals surface area contributed by atoms with Gasteiger partial charge in [-0.2, -0.15) is 0 Å². The van der Waals surface area contributed by atoms with E-state index in [-0.39, 0.29) is 0 Å². The van der Waals surface area contributed by atoms with Crippen molar-refractivity contribution in [2.75, 3.05) is 6.61 Å². The summed E-state index contributed by atoms with van der Waals surface area (Å²) in [5.74, 6) is 0.814. The van der Waals surface area contributed by atoms with Gasteiger partial charge in [0.25, 0.3) is 0 Å². The standard InChI is InChI=1S/C45H54N4O/c1-10-13-15-17-35-31(8)39-24-37-27(4)29(6)44(48-37)43(33-19-21-34(22-20-33)50-23-12-3)45-30(7)28(5)38(49-45)25-40-32(9)36(18-16-14-11-2)42(47-40)26-41(35)46-39/h12,19-22,24-26,46-47H,3,10-11,13-18,23H2,1-2,4-9H3. The van der Waals surface area contributed by atoms with Crippen LogP contribution < -0.4 is 4.74 Å². The molecule has 2 aliphatic heterocycles. The molecule has 260 valence electrons. The van der Waals surface area contributed by atoms with Crippen molar-refractivity contribution < 1.29 is 4.74 Å². The summed E-state index contributed by atoms with van der Waals surface area (Å²) in [6.07, 6.45) is 11.1. The van der Waals surface area contributed by atoms with Crippen molar-refractivity contribution >= 4 is 44.4 Å². The first-order valence-corrected chi connectivity index (χ1v) is 18.6. The van der Waals surface area contributed by atoms with E-state index in [4.69, 9.17) is 14.7 Å². The van der Waals surface area contributed by atoms with Gasteiger partial charge in [-0.15, -0.1) is 0 Å². The van der Waals surface area contributed by atoms with Crippen molar-refractivity contribution in [1.29, 1.82) is 0 Å². The second kappa shape index (κ2) is 15.1. The molecule has 0 saturated heterocycles. The highest BCUT2D eigenvalue weighted by molar-refractivity contribution is 6.01. The molecule has 0 radical (unpaired) electrons. The van der Waals surface area contributed by atoms with Crippen LogP contribution in [0.2, 0.25) is 0 Å². The average Bonchev–Trinajstić information content (AvgIpc) is 3.76. The summed E-state index contributed by atoms with van der Waals surface area (Å²) in [6, 6.07) is 15.2. The van der Waals surface area contributed by atoms with Crippen LogP contribution in [-0.4, -0.2) is 26.5 Å². The van der Waals surface area contributed by atoms with Gasteiger partial charge in [0.2, 0.25) is 0 Å². The first-order valence-electron chi connectivity index (χ1n) is 18.6. The molecule has 6 rings (SSSR count). The third kappa shape index (κ3) is 6.75. The highest BCUT2D eigenvalue weighted by atomic mass is 16.5. The first kappa shape index (κ1) is 35.2.